The van der Waals surface area contributed by atoms with Gasteiger partial charge in [-0.05, 0) is 64.0 Å². The van der Waals surface area contributed by atoms with E-state index < -0.39 is 17.8 Å². The Labute approximate surface area is 219 Å². The Kier molecular flexibility index (Phi) is 8.15. The van der Waals surface area contributed by atoms with E-state index in [-0.39, 0.29) is 23.5 Å². The zero-order chi connectivity index (χ0) is 27.4. The van der Waals surface area contributed by atoms with Crippen LogP contribution in [0, 0.1) is 6.92 Å². The highest BCUT2D eigenvalue weighted by molar-refractivity contribution is 6.04. The molecule has 2 amide bonds. The van der Waals surface area contributed by atoms with Gasteiger partial charge in [0, 0.05) is 31.9 Å². The quantitative estimate of drug-likeness (QED) is 0.470. The number of hydrogen-bond acceptors (Lipinski definition) is 5. The highest BCUT2D eigenvalue weighted by Crippen LogP contribution is 2.32. The average molecular weight is 529 g/mol. The van der Waals surface area contributed by atoms with Crippen LogP contribution in [-0.2, 0) is 11.0 Å². The number of carbonyl (C=O) groups is 2. The highest BCUT2D eigenvalue weighted by atomic mass is 19.4. The second-order valence-electron chi connectivity index (χ2n) is 9.73. The van der Waals surface area contributed by atoms with E-state index in [1.165, 1.54) is 0 Å². The maximum absolute atomic E-state index is 13.0. The lowest BCUT2D eigenvalue weighted by molar-refractivity contribution is -0.141. The summed E-state index contributed by atoms with van der Waals surface area (Å²) in [6.45, 7) is 3.68. The molecule has 1 aliphatic rings. The third kappa shape index (κ3) is 6.21. The van der Waals surface area contributed by atoms with Crippen LogP contribution in [-0.4, -0.2) is 69.9 Å². The Hall–Kier alpha value is -3.73. The van der Waals surface area contributed by atoms with Gasteiger partial charge in [-0.2, -0.15) is 13.2 Å². The summed E-state index contributed by atoms with van der Waals surface area (Å²) >= 11 is 0. The van der Waals surface area contributed by atoms with Crippen LogP contribution in [0.25, 0.3) is 11.0 Å². The van der Waals surface area contributed by atoms with Crippen LogP contribution < -0.4 is 5.32 Å². The van der Waals surface area contributed by atoms with Crippen molar-refractivity contribution in [2.45, 2.75) is 38.4 Å². The first-order valence-electron chi connectivity index (χ1n) is 12.5. The third-order valence-corrected chi connectivity index (χ3v) is 6.51. The smallest absolute Gasteiger partial charge is 0.337 e. The van der Waals surface area contributed by atoms with E-state index in [1.807, 2.05) is 59.7 Å². The van der Waals surface area contributed by atoms with Gasteiger partial charge < -0.3 is 14.4 Å². The van der Waals surface area contributed by atoms with Gasteiger partial charge in [-0.1, -0.05) is 18.2 Å². The molecule has 1 atom stereocenters. The van der Waals surface area contributed by atoms with Crippen molar-refractivity contribution in [2.75, 3.05) is 39.0 Å². The number of pyridine rings is 1. The van der Waals surface area contributed by atoms with Crippen molar-refractivity contribution in [1.29, 1.82) is 0 Å². The molecule has 1 aromatic carbocycles. The van der Waals surface area contributed by atoms with Crippen LogP contribution in [0.2, 0.25) is 0 Å². The molecule has 1 unspecified atom stereocenters. The largest absolute Gasteiger partial charge is 0.433 e. The van der Waals surface area contributed by atoms with Gasteiger partial charge in [-0.15, -0.1) is 0 Å². The summed E-state index contributed by atoms with van der Waals surface area (Å²) in [6, 6.07) is 7.39. The Morgan fingerprint density at radius 3 is 2.66 bits per heavy atom. The maximum Gasteiger partial charge on any atom is 0.433 e. The normalized spacial score (nSPS) is 16.8. The van der Waals surface area contributed by atoms with Crippen LogP contribution in [0.1, 0.15) is 46.9 Å². The summed E-state index contributed by atoms with van der Waals surface area (Å²) in [6.07, 6.45) is 2.26. The number of halogens is 3. The van der Waals surface area contributed by atoms with Gasteiger partial charge in [-0.3, -0.25) is 19.9 Å². The number of nitrogens with one attached hydrogen (secondary N) is 1. The number of benzene rings is 1. The molecular formula is C27H31F3N6O2. The number of hydrogen-bond donors (Lipinski definition) is 1. The Balaban J connectivity index is 1.65. The second kappa shape index (κ2) is 11.3. The Morgan fingerprint density at radius 1 is 1.18 bits per heavy atom. The highest BCUT2D eigenvalue weighted by Gasteiger charge is 2.32. The van der Waals surface area contributed by atoms with Gasteiger partial charge >= 0.3 is 6.18 Å². The first-order chi connectivity index (χ1) is 18.0. The van der Waals surface area contributed by atoms with Crippen molar-refractivity contribution in [2.24, 2.45) is 0 Å². The second-order valence-corrected chi connectivity index (χ2v) is 9.73. The number of nitrogens with zero attached hydrogens (tertiary/aromatic N) is 5. The Bertz CT molecular complexity index is 1330. The van der Waals surface area contributed by atoms with Crippen LogP contribution in [0.4, 0.5) is 19.1 Å². The van der Waals surface area contributed by atoms with E-state index in [2.05, 4.69) is 15.3 Å². The summed E-state index contributed by atoms with van der Waals surface area (Å²) in [5, 5.41) is 2.78. The number of aryl methyl sites for hydroxylation is 1. The molecule has 3 aromatic rings. The molecule has 1 aliphatic heterocycles. The minimum atomic E-state index is -4.59. The van der Waals surface area contributed by atoms with Crippen LogP contribution in [0.3, 0.4) is 0 Å². The predicted octanol–water partition coefficient (Wildman–Crippen LogP) is 4.68. The molecule has 38 heavy (non-hydrogen) atoms. The molecule has 0 saturated carbocycles. The summed E-state index contributed by atoms with van der Waals surface area (Å²) in [5.74, 6) is -0.406. The molecule has 11 heteroatoms. The third-order valence-electron chi connectivity index (χ3n) is 6.51. The lowest BCUT2D eigenvalue weighted by Gasteiger charge is -2.26. The van der Waals surface area contributed by atoms with Gasteiger partial charge in [0.1, 0.15) is 5.69 Å². The fraction of sp³-hybridized carbons (Fsp3) is 0.407. The number of carbonyl (C=O) groups excluding carboxylic acids is 2. The van der Waals surface area contributed by atoms with Gasteiger partial charge in [0.2, 0.25) is 11.9 Å². The average Bonchev–Trinajstić information content (AvgIpc) is 3.05. The molecule has 0 radical (unpaired) electrons. The number of alkyl halides is 3. The first kappa shape index (κ1) is 27.3. The monoisotopic (exact) mass is 528 g/mol. The molecule has 1 saturated heterocycles. The van der Waals surface area contributed by atoms with Crippen molar-refractivity contribution < 1.29 is 22.8 Å². The number of anilines is 1. The minimum absolute atomic E-state index is 0.0166. The molecule has 4 rings (SSSR count). The molecule has 8 nitrogen and oxygen atoms in total. The number of imidazole rings is 1. The zero-order valence-electron chi connectivity index (χ0n) is 21.6. The van der Waals surface area contributed by atoms with E-state index in [1.54, 1.807) is 6.08 Å². The van der Waals surface area contributed by atoms with E-state index in [9.17, 15) is 22.8 Å². The molecule has 2 aromatic heterocycles. The van der Waals surface area contributed by atoms with Crippen LogP contribution in [0.5, 0.6) is 0 Å². The molecular weight excluding hydrogens is 497 g/mol. The summed E-state index contributed by atoms with van der Waals surface area (Å²) < 4.78 is 40.6. The van der Waals surface area contributed by atoms with E-state index in [0.29, 0.717) is 25.2 Å². The molecule has 1 N–H and O–H groups in total. The lowest BCUT2D eigenvalue weighted by atomic mass is 10.1. The van der Waals surface area contributed by atoms with E-state index >= 15 is 0 Å². The number of aromatic nitrogens is 3. The van der Waals surface area contributed by atoms with Crippen molar-refractivity contribution in [3.8, 4) is 0 Å². The topological polar surface area (TPSA) is 83.4 Å². The van der Waals surface area contributed by atoms with Crippen molar-refractivity contribution in [1.82, 2.24) is 24.3 Å². The first-order valence-corrected chi connectivity index (χ1v) is 12.5. The van der Waals surface area contributed by atoms with Gasteiger partial charge in [0.15, 0.2) is 0 Å². The standard InChI is InChI=1S/C27H31F3N6O2/c1-18-8-6-10-21-24(18)36(20-9-4-5-15-35(17-20)23(37)11-7-14-34(2)3)26(32-21)33-25(38)19-12-13-22(31-16-19)27(28,29)30/h6-8,10-13,16,20H,4-5,9,14-15,17H2,1-3H3,(H,32,33,38)/b11-7+. The predicted molar refractivity (Wildman–Crippen MR) is 139 cm³/mol. The number of amides is 2. The van der Waals surface area contributed by atoms with E-state index in [4.69, 9.17) is 0 Å². The fourth-order valence-electron chi connectivity index (χ4n) is 4.63. The molecule has 0 aliphatic carbocycles. The number of para-hydroxylation sites is 1. The number of fused-ring (bicyclic) bond motifs is 1. The fourth-order valence-corrected chi connectivity index (χ4v) is 4.63. The summed E-state index contributed by atoms with van der Waals surface area (Å²) in [7, 11) is 3.86. The van der Waals surface area contributed by atoms with Crippen LogP contribution in [0.15, 0.2) is 48.7 Å². The molecule has 0 bridgehead atoms. The maximum atomic E-state index is 13.0. The number of likely N-dealkylation sites (tertiary alicyclic amines) is 1. The number of likely N-dealkylation sites (N-methyl/N-ethyl adjacent to an activating group) is 1. The minimum Gasteiger partial charge on any atom is -0.337 e. The SMILES string of the molecule is Cc1cccc2nc(NC(=O)c3ccc(C(F)(F)F)nc3)n(C3CCCCN(C(=O)/C=C/CN(C)C)C3)c12. The number of rotatable bonds is 6. The summed E-state index contributed by atoms with van der Waals surface area (Å²) in [4.78, 5) is 37.8. The van der Waals surface area contributed by atoms with Gasteiger partial charge in [0.05, 0.1) is 22.6 Å². The zero-order valence-corrected chi connectivity index (χ0v) is 21.6. The molecule has 1 fully saturated rings. The van der Waals surface area contributed by atoms with E-state index in [0.717, 1.165) is 48.7 Å². The van der Waals surface area contributed by atoms with Crippen molar-refractivity contribution in [3.63, 3.8) is 0 Å². The Morgan fingerprint density at radius 2 is 1.97 bits per heavy atom. The van der Waals surface area contributed by atoms with Gasteiger partial charge in [-0.25, -0.2) is 4.98 Å². The van der Waals surface area contributed by atoms with Crippen molar-refractivity contribution in [3.05, 3.63) is 65.5 Å². The van der Waals surface area contributed by atoms with Gasteiger partial charge in [0.25, 0.3) is 5.91 Å². The van der Waals surface area contributed by atoms with Crippen LogP contribution >= 0.6 is 0 Å². The molecule has 3 heterocycles. The summed E-state index contributed by atoms with van der Waals surface area (Å²) in [5.41, 5.74) is 1.39. The van der Waals surface area contributed by atoms with Crippen molar-refractivity contribution >= 4 is 28.8 Å². The lowest BCUT2D eigenvalue weighted by Crippen LogP contribution is -2.35. The molecule has 0 spiro atoms. The molecule has 202 valence electrons.